The molecule has 1 rings (SSSR count). The summed E-state index contributed by atoms with van der Waals surface area (Å²) in [6, 6.07) is 1.32. The first-order chi connectivity index (χ1) is 9.01. The van der Waals surface area contributed by atoms with Crippen molar-refractivity contribution in [2.24, 2.45) is 0 Å². The Balaban J connectivity index is 2.76. The van der Waals surface area contributed by atoms with Gasteiger partial charge < -0.3 is 10.4 Å². The second-order valence-corrected chi connectivity index (χ2v) is 8.08. The van der Waals surface area contributed by atoms with Crippen LogP contribution in [-0.4, -0.2) is 37.2 Å². The van der Waals surface area contributed by atoms with E-state index in [-0.39, 0.29) is 16.2 Å². The summed E-state index contributed by atoms with van der Waals surface area (Å²) in [6.07, 6.45) is 1.32. The van der Waals surface area contributed by atoms with E-state index >= 15 is 0 Å². The molecule has 112 valence electrons. The van der Waals surface area contributed by atoms with E-state index in [1.165, 1.54) is 11.4 Å². The molecular weight excluding hydrogens is 302 g/mol. The predicted molar refractivity (Wildman–Crippen MR) is 75.8 cm³/mol. The highest BCUT2D eigenvalue weighted by molar-refractivity contribution is 7.90. The van der Waals surface area contributed by atoms with Gasteiger partial charge in [-0.05, 0) is 26.3 Å². The van der Waals surface area contributed by atoms with Gasteiger partial charge in [-0.3, -0.25) is 9.59 Å². The van der Waals surface area contributed by atoms with Crippen molar-refractivity contribution in [2.45, 2.75) is 37.1 Å². The Morgan fingerprint density at radius 2 is 2.00 bits per heavy atom. The molecule has 6 nitrogen and oxygen atoms in total. The third kappa shape index (κ3) is 4.93. The summed E-state index contributed by atoms with van der Waals surface area (Å²) in [6.45, 7) is 3.44. The van der Waals surface area contributed by atoms with E-state index in [1.807, 2.05) is 0 Å². The Hall–Kier alpha value is -1.41. The number of carboxylic acids is 1. The van der Waals surface area contributed by atoms with Gasteiger partial charge in [0.2, 0.25) is 0 Å². The minimum absolute atomic E-state index is 0.0493. The number of nitrogens with one attached hydrogen (secondary N) is 1. The number of sulfone groups is 1. The molecule has 0 aromatic carbocycles. The molecule has 0 aliphatic heterocycles. The van der Waals surface area contributed by atoms with Crippen molar-refractivity contribution in [3.05, 3.63) is 16.3 Å². The van der Waals surface area contributed by atoms with Crippen LogP contribution in [0.3, 0.4) is 0 Å². The van der Waals surface area contributed by atoms with Crippen LogP contribution < -0.4 is 5.32 Å². The molecule has 1 aromatic heterocycles. The number of carbonyl (C=O) groups is 2. The summed E-state index contributed by atoms with van der Waals surface area (Å²) in [5.41, 5.74) is -0.676. The molecule has 1 heterocycles. The average molecular weight is 319 g/mol. The molecule has 0 saturated carbocycles. The van der Waals surface area contributed by atoms with E-state index in [9.17, 15) is 18.0 Å². The minimum atomic E-state index is -3.33. The zero-order chi connectivity index (χ0) is 15.6. The Kier molecular flexibility index (Phi) is 4.93. The number of amides is 1. The minimum Gasteiger partial charge on any atom is -0.481 e. The highest BCUT2D eigenvalue weighted by atomic mass is 32.2. The zero-order valence-electron chi connectivity index (χ0n) is 11.5. The van der Waals surface area contributed by atoms with Crippen molar-refractivity contribution in [2.75, 3.05) is 6.26 Å². The monoisotopic (exact) mass is 319 g/mol. The second-order valence-electron chi connectivity index (χ2n) is 5.15. The SMILES string of the molecule is CC(C)(CCC(=O)O)NC(=O)c1cc(S(C)(=O)=O)cs1. The lowest BCUT2D eigenvalue weighted by Gasteiger charge is -2.25. The molecule has 0 spiro atoms. The van der Waals surface area contributed by atoms with Crippen molar-refractivity contribution in [3.8, 4) is 0 Å². The Bertz CT molecular complexity index is 616. The quantitative estimate of drug-likeness (QED) is 0.828. The maximum atomic E-state index is 12.0. The molecule has 0 unspecified atom stereocenters. The maximum Gasteiger partial charge on any atom is 0.303 e. The van der Waals surface area contributed by atoms with Crippen LogP contribution >= 0.6 is 11.3 Å². The first kappa shape index (κ1) is 16.6. The van der Waals surface area contributed by atoms with Crippen molar-refractivity contribution < 1.29 is 23.1 Å². The van der Waals surface area contributed by atoms with E-state index in [1.54, 1.807) is 13.8 Å². The zero-order valence-corrected chi connectivity index (χ0v) is 13.1. The van der Waals surface area contributed by atoms with Gasteiger partial charge in [-0.2, -0.15) is 0 Å². The molecule has 0 aliphatic rings. The van der Waals surface area contributed by atoms with Crippen LogP contribution in [0.4, 0.5) is 0 Å². The maximum absolute atomic E-state index is 12.0. The van der Waals surface area contributed by atoms with Crippen LogP contribution in [0.1, 0.15) is 36.4 Å². The molecule has 1 aromatic rings. The number of hydrogen-bond donors (Lipinski definition) is 2. The summed E-state index contributed by atoms with van der Waals surface area (Å²) in [4.78, 5) is 22.9. The second kappa shape index (κ2) is 5.92. The molecule has 20 heavy (non-hydrogen) atoms. The number of hydrogen-bond acceptors (Lipinski definition) is 5. The van der Waals surface area contributed by atoms with E-state index in [2.05, 4.69) is 5.32 Å². The molecule has 8 heteroatoms. The van der Waals surface area contributed by atoms with Crippen molar-refractivity contribution in [1.82, 2.24) is 5.32 Å². The summed E-state index contributed by atoms with van der Waals surface area (Å²) in [5.74, 6) is -1.33. The topological polar surface area (TPSA) is 101 Å². The van der Waals surface area contributed by atoms with Crippen LogP contribution in [-0.2, 0) is 14.6 Å². The van der Waals surface area contributed by atoms with Gasteiger partial charge in [0, 0.05) is 23.6 Å². The average Bonchev–Trinajstić information content (AvgIpc) is 2.74. The van der Waals surface area contributed by atoms with Gasteiger partial charge >= 0.3 is 5.97 Å². The Morgan fingerprint density at radius 3 is 2.45 bits per heavy atom. The van der Waals surface area contributed by atoms with Crippen LogP contribution in [0.5, 0.6) is 0 Å². The fourth-order valence-corrected chi connectivity index (χ4v) is 3.40. The van der Waals surface area contributed by atoms with Crippen molar-refractivity contribution >= 4 is 33.1 Å². The van der Waals surface area contributed by atoms with Crippen molar-refractivity contribution in [1.29, 1.82) is 0 Å². The standard InChI is InChI=1S/C12H17NO5S2/c1-12(2,5-4-10(14)15)13-11(16)9-6-8(7-19-9)20(3,17)18/h6-7H,4-5H2,1-3H3,(H,13,16)(H,14,15). The number of aliphatic carboxylic acids is 1. The molecule has 0 saturated heterocycles. The van der Waals surface area contributed by atoms with Gasteiger partial charge in [-0.15, -0.1) is 11.3 Å². The van der Waals surface area contributed by atoms with Crippen LogP contribution in [0.2, 0.25) is 0 Å². The number of rotatable bonds is 6. The van der Waals surface area contributed by atoms with Crippen LogP contribution in [0, 0.1) is 0 Å². The first-order valence-corrected chi connectivity index (χ1v) is 8.61. The fraction of sp³-hybridized carbons (Fsp3) is 0.500. The molecule has 0 bridgehead atoms. The lowest BCUT2D eigenvalue weighted by Crippen LogP contribution is -2.43. The third-order valence-electron chi connectivity index (χ3n) is 2.64. The Labute approximate surface area is 121 Å². The van der Waals surface area contributed by atoms with Crippen molar-refractivity contribution in [3.63, 3.8) is 0 Å². The van der Waals surface area contributed by atoms with Gasteiger partial charge in [0.25, 0.3) is 5.91 Å². The van der Waals surface area contributed by atoms with Gasteiger partial charge in [0.1, 0.15) is 0 Å². The van der Waals surface area contributed by atoms with Crippen LogP contribution in [0.15, 0.2) is 16.3 Å². The smallest absolute Gasteiger partial charge is 0.303 e. The molecule has 2 N–H and O–H groups in total. The summed E-state index contributed by atoms with van der Waals surface area (Å²) >= 11 is 1.04. The van der Waals surface area contributed by atoms with Crippen LogP contribution in [0.25, 0.3) is 0 Å². The number of carboxylic acid groups (broad SMARTS) is 1. The van der Waals surface area contributed by atoms with E-state index < -0.39 is 27.3 Å². The van der Waals surface area contributed by atoms with E-state index in [4.69, 9.17) is 5.11 Å². The van der Waals surface area contributed by atoms with Gasteiger partial charge in [-0.1, -0.05) is 0 Å². The largest absolute Gasteiger partial charge is 0.481 e. The lowest BCUT2D eigenvalue weighted by atomic mass is 9.98. The van der Waals surface area contributed by atoms with Gasteiger partial charge in [0.15, 0.2) is 9.84 Å². The summed E-state index contributed by atoms with van der Waals surface area (Å²) < 4.78 is 22.7. The normalized spacial score (nSPS) is 12.2. The number of carbonyl (C=O) groups excluding carboxylic acids is 1. The lowest BCUT2D eigenvalue weighted by molar-refractivity contribution is -0.137. The molecule has 0 fully saturated rings. The fourth-order valence-electron chi connectivity index (χ4n) is 1.48. The molecule has 0 aliphatic carbocycles. The predicted octanol–water partition coefficient (Wildman–Crippen LogP) is 1.52. The molecule has 0 atom stereocenters. The highest BCUT2D eigenvalue weighted by Gasteiger charge is 2.23. The van der Waals surface area contributed by atoms with E-state index in [0.717, 1.165) is 17.6 Å². The highest BCUT2D eigenvalue weighted by Crippen LogP contribution is 2.20. The number of thiophene rings is 1. The first-order valence-electron chi connectivity index (χ1n) is 5.84. The Morgan fingerprint density at radius 1 is 1.40 bits per heavy atom. The third-order valence-corrected chi connectivity index (χ3v) is 4.81. The van der Waals surface area contributed by atoms with Gasteiger partial charge in [-0.25, -0.2) is 8.42 Å². The van der Waals surface area contributed by atoms with E-state index in [0.29, 0.717) is 6.42 Å². The molecule has 1 amide bonds. The summed E-state index contributed by atoms with van der Waals surface area (Å²) in [5, 5.41) is 12.8. The summed E-state index contributed by atoms with van der Waals surface area (Å²) in [7, 11) is -3.33. The molecule has 0 radical (unpaired) electrons. The molecular formula is C12H17NO5S2. The van der Waals surface area contributed by atoms with Gasteiger partial charge in [0.05, 0.1) is 9.77 Å².